The van der Waals surface area contributed by atoms with E-state index in [0.717, 1.165) is 26.0 Å². The molecular weight excluding hydrogens is 164 g/mol. The molecule has 0 heterocycles. The van der Waals surface area contributed by atoms with Crippen molar-refractivity contribution in [1.82, 2.24) is 5.32 Å². The molecule has 0 aliphatic heterocycles. The third-order valence-electron chi connectivity index (χ3n) is 1.84. The fourth-order valence-electron chi connectivity index (χ4n) is 0.935. The number of ether oxygens (including phenoxy) is 1. The monoisotopic (exact) mass is 184 g/mol. The standard InChI is InChI=1S/C10H20N2O/c1-3-5-7-13-8-6-12-10(4-2)9-11/h10,12H,3-8H2,1-2H3. The summed E-state index contributed by atoms with van der Waals surface area (Å²) < 4.78 is 5.34. The molecule has 0 amide bonds. The van der Waals surface area contributed by atoms with Gasteiger partial charge in [0, 0.05) is 13.2 Å². The summed E-state index contributed by atoms with van der Waals surface area (Å²) in [6, 6.07) is 2.17. The zero-order chi connectivity index (χ0) is 9.94. The average Bonchev–Trinajstić information content (AvgIpc) is 2.17. The summed E-state index contributed by atoms with van der Waals surface area (Å²) in [5, 5.41) is 11.7. The van der Waals surface area contributed by atoms with Crippen LogP contribution in [0.5, 0.6) is 0 Å². The molecule has 0 aromatic heterocycles. The van der Waals surface area contributed by atoms with E-state index in [2.05, 4.69) is 18.3 Å². The lowest BCUT2D eigenvalue weighted by molar-refractivity contribution is 0.132. The quantitative estimate of drug-likeness (QED) is 0.584. The topological polar surface area (TPSA) is 45.0 Å². The number of rotatable bonds is 8. The second kappa shape index (κ2) is 9.50. The Morgan fingerprint density at radius 2 is 2.15 bits per heavy atom. The van der Waals surface area contributed by atoms with Gasteiger partial charge in [-0.15, -0.1) is 0 Å². The van der Waals surface area contributed by atoms with Gasteiger partial charge in [0.05, 0.1) is 18.7 Å². The summed E-state index contributed by atoms with van der Waals surface area (Å²) in [6.07, 6.45) is 3.14. The average molecular weight is 184 g/mol. The van der Waals surface area contributed by atoms with Gasteiger partial charge in [0.1, 0.15) is 0 Å². The van der Waals surface area contributed by atoms with Gasteiger partial charge in [0.2, 0.25) is 0 Å². The molecule has 0 spiro atoms. The van der Waals surface area contributed by atoms with Crippen molar-refractivity contribution >= 4 is 0 Å². The minimum Gasteiger partial charge on any atom is -0.380 e. The van der Waals surface area contributed by atoms with Gasteiger partial charge in [-0.2, -0.15) is 5.26 Å². The van der Waals surface area contributed by atoms with Crippen LogP contribution in [0.15, 0.2) is 0 Å². The molecule has 0 aliphatic rings. The van der Waals surface area contributed by atoms with Gasteiger partial charge < -0.3 is 4.74 Å². The molecule has 0 fully saturated rings. The van der Waals surface area contributed by atoms with Gasteiger partial charge in [-0.1, -0.05) is 20.3 Å². The van der Waals surface area contributed by atoms with E-state index in [1.54, 1.807) is 0 Å². The molecular formula is C10H20N2O. The van der Waals surface area contributed by atoms with Crippen molar-refractivity contribution < 1.29 is 4.74 Å². The van der Waals surface area contributed by atoms with Crippen LogP contribution in [-0.4, -0.2) is 25.8 Å². The molecule has 76 valence electrons. The largest absolute Gasteiger partial charge is 0.380 e. The number of nitrogens with one attached hydrogen (secondary N) is 1. The van der Waals surface area contributed by atoms with Crippen LogP contribution in [-0.2, 0) is 4.74 Å². The maximum absolute atomic E-state index is 8.61. The molecule has 0 aromatic rings. The Morgan fingerprint density at radius 3 is 2.69 bits per heavy atom. The molecule has 1 unspecified atom stereocenters. The Hall–Kier alpha value is -0.590. The van der Waals surface area contributed by atoms with E-state index >= 15 is 0 Å². The van der Waals surface area contributed by atoms with Crippen molar-refractivity contribution in [2.24, 2.45) is 0 Å². The maximum Gasteiger partial charge on any atom is 0.0951 e. The highest BCUT2D eigenvalue weighted by Gasteiger charge is 2.00. The molecule has 0 saturated carbocycles. The highest BCUT2D eigenvalue weighted by atomic mass is 16.5. The van der Waals surface area contributed by atoms with Crippen molar-refractivity contribution in [2.75, 3.05) is 19.8 Å². The first-order chi connectivity index (χ1) is 6.35. The van der Waals surface area contributed by atoms with Crippen LogP contribution in [0.2, 0.25) is 0 Å². The summed E-state index contributed by atoms with van der Waals surface area (Å²) in [7, 11) is 0. The van der Waals surface area contributed by atoms with E-state index in [-0.39, 0.29) is 6.04 Å². The fourth-order valence-corrected chi connectivity index (χ4v) is 0.935. The van der Waals surface area contributed by atoms with Crippen LogP contribution in [0.25, 0.3) is 0 Å². The van der Waals surface area contributed by atoms with Gasteiger partial charge in [0.15, 0.2) is 0 Å². The third-order valence-corrected chi connectivity index (χ3v) is 1.84. The summed E-state index contributed by atoms with van der Waals surface area (Å²) in [4.78, 5) is 0. The predicted octanol–water partition coefficient (Wildman–Crippen LogP) is 1.69. The molecule has 0 aromatic carbocycles. The van der Waals surface area contributed by atoms with Gasteiger partial charge in [-0.25, -0.2) is 0 Å². The van der Waals surface area contributed by atoms with Gasteiger partial charge >= 0.3 is 0 Å². The third kappa shape index (κ3) is 7.76. The van der Waals surface area contributed by atoms with Crippen LogP contribution >= 0.6 is 0 Å². The van der Waals surface area contributed by atoms with Gasteiger partial charge in [-0.05, 0) is 12.8 Å². The second-order valence-electron chi connectivity index (χ2n) is 3.01. The fraction of sp³-hybridized carbons (Fsp3) is 0.900. The van der Waals surface area contributed by atoms with Crippen molar-refractivity contribution in [3.8, 4) is 6.07 Å². The Bertz CT molecular complexity index is 142. The molecule has 3 heteroatoms. The van der Waals surface area contributed by atoms with Crippen molar-refractivity contribution in [2.45, 2.75) is 39.2 Å². The maximum atomic E-state index is 8.61. The molecule has 0 rings (SSSR count). The first kappa shape index (κ1) is 12.4. The van der Waals surface area contributed by atoms with Crippen LogP contribution in [0, 0.1) is 11.3 Å². The van der Waals surface area contributed by atoms with Crippen LogP contribution in [0.1, 0.15) is 33.1 Å². The predicted molar refractivity (Wildman–Crippen MR) is 53.4 cm³/mol. The van der Waals surface area contributed by atoms with Gasteiger partial charge in [0.25, 0.3) is 0 Å². The van der Waals surface area contributed by atoms with E-state index in [4.69, 9.17) is 10.00 Å². The number of nitrogens with zero attached hydrogens (tertiary/aromatic N) is 1. The number of unbranched alkanes of at least 4 members (excludes halogenated alkanes) is 1. The molecule has 0 radical (unpaired) electrons. The first-order valence-electron chi connectivity index (χ1n) is 5.05. The second-order valence-corrected chi connectivity index (χ2v) is 3.01. The van der Waals surface area contributed by atoms with Gasteiger partial charge in [-0.3, -0.25) is 5.32 Å². The lowest BCUT2D eigenvalue weighted by Crippen LogP contribution is -2.30. The van der Waals surface area contributed by atoms with Crippen LogP contribution in [0.3, 0.4) is 0 Å². The summed E-state index contributed by atoms with van der Waals surface area (Å²) in [6.45, 7) is 6.46. The number of hydrogen-bond acceptors (Lipinski definition) is 3. The lowest BCUT2D eigenvalue weighted by atomic mass is 10.2. The normalized spacial score (nSPS) is 12.4. The smallest absolute Gasteiger partial charge is 0.0951 e. The first-order valence-corrected chi connectivity index (χ1v) is 5.05. The Labute approximate surface area is 81.1 Å². The van der Waals surface area contributed by atoms with E-state index in [9.17, 15) is 0 Å². The van der Waals surface area contributed by atoms with Crippen LogP contribution < -0.4 is 5.32 Å². The zero-order valence-corrected chi connectivity index (χ0v) is 8.68. The molecule has 0 saturated heterocycles. The molecule has 13 heavy (non-hydrogen) atoms. The number of nitriles is 1. The van der Waals surface area contributed by atoms with E-state index in [1.807, 2.05) is 6.92 Å². The Morgan fingerprint density at radius 1 is 1.38 bits per heavy atom. The highest BCUT2D eigenvalue weighted by molar-refractivity contribution is 4.87. The highest BCUT2D eigenvalue weighted by Crippen LogP contribution is 1.89. The van der Waals surface area contributed by atoms with E-state index in [1.165, 1.54) is 6.42 Å². The van der Waals surface area contributed by atoms with E-state index in [0.29, 0.717) is 6.61 Å². The van der Waals surface area contributed by atoms with Crippen molar-refractivity contribution in [3.63, 3.8) is 0 Å². The number of hydrogen-bond donors (Lipinski definition) is 1. The lowest BCUT2D eigenvalue weighted by Gasteiger charge is -2.08. The minimum absolute atomic E-state index is 0.0187. The zero-order valence-electron chi connectivity index (χ0n) is 8.68. The summed E-state index contributed by atoms with van der Waals surface area (Å²) in [5.41, 5.74) is 0. The van der Waals surface area contributed by atoms with Crippen molar-refractivity contribution in [1.29, 1.82) is 5.26 Å². The minimum atomic E-state index is -0.0187. The summed E-state index contributed by atoms with van der Waals surface area (Å²) in [5.74, 6) is 0. The summed E-state index contributed by atoms with van der Waals surface area (Å²) >= 11 is 0. The van der Waals surface area contributed by atoms with Crippen LogP contribution in [0.4, 0.5) is 0 Å². The SMILES string of the molecule is CCCCOCCNC(C#N)CC. The Balaban J connectivity index is 3.11. The molecule has 0 bridgehead atoms. The molecule has 0 aliphatic carbocycles. The molecule has 1 N–H and O–H groups in total. The molecule has 3 nitrogen and oxygen atoms in total. The Kier molecular flexibility index (Phi) is 9.07. The van der Waals surface area contributed by atoms with E-state index < -0.39 is 0 Å². The molecule has 1 atom stereocenters. The van der Waals surface area contributed by atoms with Crippen molar-refractivity contribution in [3.05, 3.63) is 0 Å².